The third kappa shape index (κ3) is 5.21. The number of nitrogen functional groups attached to an aromatic ring is 1. The smallest absolute Gasteiger partial charge is 0.320 e. The molecule has 1 amide bonds. The van der Waals surface area contributed by atoms with Crippen LogP contribution in [0.15, 0.2) is 30.9 Å². The van der Waals surface area contributed by atoms with Crippen LogP contribution < -0.4 is 15.2 Å². The van der Waals surface area contributed by atoms with E-state index in [-0.39, 0.29) is 78.1 Å². The molecular formula is C34H32ClF3N6O3S. The minimum Gasteiger partial charge on any atom is -0.471 e. The molecule has 3 saturated heterocycles. The van der Waals surface area contributed by atoms with Crippen LogP contribution in [0, 0.1) is 23.0 Å². The highest BCUT2D eigenvalue weighted by Crippen LogP contribution is 2.46. The van der Waals surface area contributed by atoms with Gasteiger partial charge in [0.25, 0.3) is 0 Å². The molecule has 5 heterocycles. The first-order valence-corrected chi connectivity index (χ1v) is 17.0. The SMILES string of the molecule is C=CC(=O)N1CC[C@@H](Oc2nc(OC[C@@]34CCCN3C[C@H](F)C4)nc3c(F)c(-c4ccc(F)c5sc(N)c(C#N)c45)c(Cl)cc23)[C@@H]1CC. The zero-order valence-electron chi connectivity index (χ0n) is 26.1. The molecule has 4 atom stereocenters. The second-order valence-electron chi connectivity index (χ2n) is 12.5. The van der Waals surface area contributed by atoms with Crippen LogP contribution in [-0.2, 0) is 4.79 Å². The second kappa shape index (κ2) is 12.4. The molecule has 7 rings (SSSR count). The Morgan fingerprint density at radius 2 is 2.15 bits per heavy atom. The predicted molar refractivity (Wildman–Crippen MR) is 178 cm³/mol. The number of nitrogens with zero attached hydrogens (tertiary/aromatic N) is 5. The quantitative estimate of drug-likeness (QED) is 0.200. The van der Waals surface area contributed by atoms with E-state index in [1.165, 1.54) is 24.3 Å². The first-order valence-electron chi connectivity index (χ1n) is 15.8. The van der Waals surface area contributed by atoms with Crippen molar-refractivity contribution in [3.8, 4) is 29.1 Å². The van der Waals surface area contributed by atoms with E-state index in [1.54, 1.807) is 4.90 Å². The summed E-state index contributed by atoms with van der Waals surface area (Å²) >= 11 is 7.68. The molecule has 0 bridgehead atoms. The van der Waals surface area contributed by atoms with Gasteiger partial charge in [0.2, 0.25) is 11.8 Å². The standard InChI is InChI=1S/C34H32ClF3N6O3S/c1-3-23-24(8-11-44(23)25(45)4-2)47-32-19-12-21(35)27(18-6-7-22(37)30-26(18)20(14-39)31(40)48-30)28(38)29(19)41-33(42-32)46-16-34-9-5-10-43(34)15-17(36)13-34/h4,6-7,12,17,23-24H,2-3,5,8-11,13,15-16,40H2,1H3/t17-,23+,24-,34+/m1/s1. The van der Waals surface area contributed by atoms with Gasteiger partial charge in [0.1, 0.15) is 41.3 Å². The van der Waals surface area contributed by atoms with Crippen molar-refractivity contribution in [2.75, 3.05) is 32.0 Å². The van der Waals surface area contributed by atoms with Gasteiger partial charge in [0.05, 0.1) is 32.3 Å². The Balaban J connectivity index is 1.36. The van der Waals surface area contributed by atoms with Gasteiger partial charge in [-0.2, -0.15) is 15.2 Å². The van der Waals surface area contributed by atoms with Crippen molar-refractivity contribution < 1.29 is 27.4 Å². The van der Waals surface area contributed by atoms with Crippen molar-refractivity contribution in [2.45, 2.75) is 62.9 Å². The topological polar surface area (TPSA) is 118 Å². The maximum atomic E-state index is 16.9. The third-order valence-corrected chi connectivity index (χ3v) is 11.2. The number of nitrogens with two attached hydrogens (primary N) is 1. The van der Waals surface area contributed by atoms with Gasteiger partial charge in [-0.3, -0.25) is 9.69 Å². The summed E-state index contributed by atoms with van der Waals surface area (Å²) in [6, 6.07) is 5.54. The maximum absolute atomic E-state index is 16.9. The molecule has 250 valence electrons. The lowest BCUT2D eigenvalue weighted by Gasteiger charge is -2.31. The summed E-state index contributed by atoms with van der Waals surface area (Å²) in [6.45, 7) is 7.17. The lowest BCUT2D eigenvalue weighted by Crippen LogP contribution is -2.43. The molecule has 2 N–H and O–H groups in total. The van der Waals surface area contributed by atoms with Gasteiger partial charge in [0, 0.05) is 36.9 Å². The van der Waals surface area contributed by atoms with Gasteiger partial charge in [-0.25, -0.2) is 13.2 Å². The number of alkyl halides is 1. The maximum Gasteiger partial charge on any atom is 0.320 e. The van der Waals surface area contributed by atoms with E-state index in [9.17, 15) is 18.8 Å². The Bertz CT molecular complexity index is 2020. The lowest BCUT2D eigenvalue weighted by atomic mass is 9.95. The number of halogens is 4. The molecule has 2 aromatic carbocycles. The first-order chi connectivity index (χ1) is 23.1. The second-order valence-corrected chi connectivity index (χ2v) is 14.0. The van der Waals surface area contributed by atoms with E-state index in [2.05, 4.69) is 21.4 Å². The number of ether oxygens (including phenoxy) is 2. The highest BCUT2D eigenvalue weighted by molar-refractivity contribution is 7.23. The van der Waals surface area contributed by atoms with Crippen LogP contribution in [0.1, 0.15) is 44.6 Å². The van der Waals surface area contributed by atoms with Gasteiger partial charge in [0.15, 0.2) is 5.82 Å². The largest absolute Gasteiger partial charge is 0.471 e. The van der Waals surface area contributed by atoms with Crippen LogP contribution in [0.3, 0.4) is 0 Å². The highest BCUT2D eigenvalue weighted by atomic mass is 35.5. The third-order valence-electron chi connectivity index (χ3n) is 9.88. The predicted octanol–water partition coefficient (Wildman–Crippen LogP) is 6.80. The van der Waals surface area contributed by atoms with E-state index in [0.717, 1.165) is 30.7 Å². The number of amides is 1. The average Bonchev–Trinajstić information content (AvgIpc) is 3.81. The number of nitriles is 1. The fourth-order valence-electron chi connectivity index (χ4n) is 7.69. The van der Waals surface area contributed by atoms with Crippen molar-refractivity contribution in [3.63, 3.8) is 0 Å². The van der Waals surface area contributed by atoms with Crippen LogP contribution in [0.25, 0.3) is 32.1 Å². The summed E-state index contributed by atoms with van der Waals surface area (Å²) in [5.41, 5.74) is 5.44. The van der Waals surface area contributed by atoms with Crippen LogP contribution in [0.2, 0.25) is 5.02 Å². The zero-order chi connectivity index (χ0) is 33.9. The molecule has 0 aliphatic carbocycles. The number of carbonyl (C=O) groups is 1. The Morgan fingerprint density at radius 3 is 2.90 bits per heavy atom. The number of hydrogen-bond acceptors (Lipinski definition) is 9. The van der Waals surface area contributed by atoms with Crippen molar-refractivity contribution in [1.29, 1.82) is 5.26 Å². The zero-order valence-corrected chi connectivity index (χ0v) is 27.6. The summed E-state index contributed by atoms with van der Waals surface area (Å²) in [6.07, 6.45) is 2.85. The fraction of sp³-hybridized carbons (Fsp3) is 0.412. The molecule has 3 aliphatic heterocycles. The van der Waals surface area contributed by atoms with E-state index < -0.39 is 29.4 Å². The van der Waals surface area contributed by atoms with Crippen molar-refractivity contribution in [2.24, 2.45) is 0 Å². The van der Waals surface area contributed by atoms with Crippen LogP contribution in [-0.4, -0.2) is 75.8 Å². The Hall–Kier alpha value is -4.12. The number of benzene rings is 2. The number of anilines is 1. The van der Waals surface area contributed by atoms with E-state index >= 15 is 4.39 Å². The number of hydrogen-bond donors (Lipinski definition) is 1. The van der Waals surface area contributed by atoms with Gasteiger partial charge in [-0.05, 0) is 49.6 Å². The van der Waals surface area contributed by atoms with Crippen LogP contribution >= 0.6 is 22.9 Å². The molecule has 9 nitrogen and oxygen atoms in total. The van der Waals surface area contributed by atoms with Crippen molar-refractivity contribution >= 4 is 54.8 Å². The van der Waals surface area contributed by atoms with Crippen LogP contribution in [0.4, 0.5) is 18.2 Å². The summed E-state index contributed by atoms with van der Waals surface area (Å²) in [5.74, 6) is -1.67. The van der Waals surface area contributed by atoms with E-state index in [4.69, 9.17) is 26.8 Å². The number of rotatable bonds is 8. The molecule has 3 fully saturated rings. The monoisotopic (exact) mass is 696 g/mol. The molecule has 2 aromatic heterocycles. The molecule has 48 heavy (non-hydrogen) atoms. The molecule has 0 unspecified atom stereocenters. The van der Waals surface area contributed by atoms with Crippen molar-refractivity contribution in [3.05, 3.63) is 53.1 Å². The van der Waals surface area contributed by atoms with Gasteiger partial charge >= 0.3 is 6.01 Å². The summed E-state index contributed by atoms with van der Waals surface area (Å²) in [5, 5.41) is 10.2. The van der Waals surface area contributed by atoms with Crippen LogP contribution in [0.5, 0.6) is 11.9 Å². The van der Waals surface area contributed by atoms with E-state index in [0.29, 0.717) is 32.4 Å². The molecule has 0 spiro atoms. The summed E-state index contributed by atoms with van der Waals surface area (Å²) < 4.78 is 59.0. The minimum atomic E-state index is -0.973. The molecular weight excluding hydrogens is 665 g/mol. The summed E-state index contributed by atoms with van der Waals surface area (Å²) in [4.78, 5) is 25.4. The van der Waals surface area contributed by atoms with Gasteiger partial charge in [-0.1, -0.05) is 31.2 Å². The molecule has 0 radical (unpaired) electrons. The number of aromatic nitrogens is 2. The average molecular weight is 697 g/mol. The number of fused-ring (bicyclic) bond motifs is 3. The lowest BCUT2D eigenvalue weighted by molar-refractivity contribution is -0.127. The van der Waals surface area contributed by atoms with E-state index in [1.807, 2.05) is 13.0 Å². The van der Waals surface area contributed by atoms with Crippen molar-refractivity contribution in [1.82, 2.24) is 19.8 Å². The molecule has 3 aliphatic rings. The number of thiophene rings is 1. The Kier molecular flexibility index (Phi) is 8.38. The van der Waals surface area contributed by atoms with Gasteiger partial charge < -0.3 is 20.1 Å². The fourth-order valence-corrected chi connectivity index (χ4v) is 8.93. The first kappa shape index (κ1) is 32.4. The number of likely N-dealkylation sites (tertiary alicyclic amines) is 1. The number of carbonyl (C=O) groups excluding carboxylic acids is 1. The minimum absolute atomic E-state index is 0.0102. The molecule has 14 heteroatoms. The normalized spacial score (nSPS) is 23.9. The van der Waals surface area contributed by atoms with Gasteiger partial charge in [-0.15, -0.1) is 11.3 Å². The highest BCUT2D eigenvalue weighted by Gasteiger charge is 2.49. The Labute approximate surface area is 283 Å². The summed E-state index contributed by atoms with van der Waals surface area (Å²) in [7, 11) is 0. The Morgan fingerprint density at radius 1 is 1.33 bits per heavy atom. The molecule has 4 aromatic rings. The molecule has 0 saturated carbocycles.